The maximum Gasteiger partial charge on any atom is 0.307 e. The lowest BCUT2D eigenvalue weighted by Gasteiger charge is -2.25. The Morgan fingerprint density at radius 1 is 1.29 bits per heavy atom. The first kappa shape index (κ1) is 14.6. The maximum absolute atomic E-state index is 12.5. The number of hydrogen-bond acceptors (Lipinski definition) is 3. The van der Waals surface area contributed by atoms with E-state index in [0.717, 1.165) is 25.9 Å². The molecule has 3 rings (SSSR count). The van der Waals surface area contributed by atoms with Crippen LogP contribution < -0.4 is 5.32 Å². The molecule has 21 heavy (non-hydrogen) atoms. The third kappa shape index (κ3) is 2.59. The number of carboxylic acid groups (broad SMARTS) is 1. The number of carbonyl (C=O) groups excluding carboxylic acids is 1. The molecule has 6 atom stereocenters. The largest absolute Gasteiger partial charge is 0.481 e. The minimum absolute atomic E-state index is 0.0291. The zero-order valence-electron chi connectivity index (χ0n) is 12.3. The predicted molar refractivity (Wildman–Crippen MR) is 76.5 cm³/mol. The Labute approximate surface area is 124 Å². The Bertz CT molecular complexity index is 461. The molecule has 116 valence electrons. The monoisotopic (exact) mass is 293 g/mol. The highest BCUT2D eigenvalue weighted by molar-refractivity contribution is 5.86. The van der Waals surface area contributed by atoms with E-state index in [9.17, 15) is 14.7 Å². The quantitative estimate of drug-likeness (QED) is 0.752. The molecule has 2 aliphatic carbocycles. The second-order valence-corrected chi connectivity index (χ2v) is 6.45. The van der Waals surface area contributed by atoms with Crippen LogP contribution in [0.2, 0.25) is 0 Å². The average molecular weight is 293 g/mol. The van der Waals surface area contributed by atoms with Crippen LogP contribution in [0.3, 0.4) is 0 Å². The molecule has 2 fully saturated rings. The molecule has 0 aromatic carbocycles. The van der Waals surface area contributed by atoms with Gasteiger partial charge in [-0.25, -0.2) is 0 Å². The molecule has 1 saturated carbocycles. The van der Waals surface area contributed by atoms with Gasteiger partial charge in [0.1, 0.15) is 0 Å². The number of carbonyl (C=O) groups is 2. The van der Waals surface area contributed by atoms with Crippen LogP contribution in [0, 0.1) is 29.6 Å². The van der Waals surface area contributed by atoms with E-state index >= 15 is 0 Å². The number of rotatable bonds is 5. The van der Waals surface area contributed by atoms with Gasteiger partial charge in [-0.1, -0.05) is 19.1 Å². The summed E-state index contributed by atoms with van der Waals surface area (Å²) in [5.41, 5.74) is 0. The fourth-order valence-corrected chi connectivity index (χ4v) is 4.24. The lowest BCUT2D eigenvalue weighted by molar-refractivity contribution is -0.147. The summed E-state index contributed by atoms with van der Waals surface area (Å²) in [4.78, 5) is 23.9. The van der Waals surface area contributed by atoms with E-state index in [1.165, 1.54) is 0 Å². The van der Waals surface area contributed by atoms with Crippen LogP contribution in [0.25, 0.3) is 0 Å². The molecule has 3 aliphatic rings. The van der Waals surface area contributed by atoms with E-state index in [-0.39, 0.29) is 23.8 Å². The molecule has 6 unspecified atom stereocenters. The van der Waals surface area contributed by atoms with Gasteiger partial charge in [-0.05, 0) is 31.1 Å². The van der Waals surface area contributed by atoms with E-state index in [1.807, 2.05) is 12.2 Å². The van der Waals surface area contributed by atoms with Gasteiger partial charge in [0.2, 0.25) is 5.91 Å². The fraction of sp³-hybridized carbons (Fsp3) is 0.750. The van der Waals surface area contributed by atoms with Gasteiger partial charge in [-0.3, -0.25) is 9.59 Å². The molecular weight excluding hydrogens is 270 g/mol. The lowest BCUT2D eigenvalue weighted by atomic mass is 9.82. The summed E-state index contributed by atoms with van der Waals surface area (Å²) in [6, 6.07) is 0. The third-order valence-electron chi connectivity index (χ3n) is 5.33. The van der Waals surface area contributed by atoms with Crippen LogP contribution in [-0.2, 0) is 14.3 Å². The molecule has 1 saturated heterocycles. The van der Waals surface area contributed by atoms with Gasteiger partial charge in [-0.15, -0.1) is 0 Å². The number of fused-ring (bicyclic) bond motifs is 2. The first-order valence-electron chi connectivity index (χ1n) is 7.92. The molecule has 2 N–H and O–H groups in total. The Kier molecular flexibility index (Phi) is 4.02. The van der Waals surface area contributed by atoms with Crippen molar-refractivity contribution < 1.29 is 19.4 Å². The van der Waals surface area contributed by atoms with Gasteiger partial charge in [0.05, 0.1) is 17.9 Å². The molecule has 0 aromatic rings. The molecule has 5 nitrogen and oxygen atoms in total. The van der Waals surface area contributed by atoms with Crippen LogP contribution in [-0.4, -0.2) is 36.2 Å². The highest BCUT2D eigenvalue weighted by Gasteiger charge is 2.51. The van der Waals surface area contributed by atoms with Crippen molar-refractivity contribution in [3.63, 3.8) is 0 Å². The van der Waals surface area contributed by atoms with Crippen molar-refractivity contribution in [2.45, 2.75) is 32.3 Å². The van der Waals surface area contributed by atoms with E-state index in [0.29, 0.717) is 12.5 Å². The van der Waals surface area contributed by atoms with Crippen molar-refractivity contribution in [2.75, 3.05) is 13.2 Å². The zero-order valence-corrected chi connectivity index (χ0v) is 12.3. The number of carboxylic acids is 1. The molecule has 0 spiro atoms. The highest BCUT2D eigenvalue weighted by Crippen LogP contribution is 2.48. The molecular formula is C16H23NO4. The summed E-state index contributed by atoms with van der Waals surface area (Å²) in [6.45, 7) is 3.45. The number of allylic oxidation sites excluding steroid dienone is 2. The van der Waals surface area contributed by atoms with Crippen molar-refractivity contribution in [2.24, 2.45) is 29.6 Å². The number of amides is 1. The van der Waals surface area contributed by atoms with E-state index in [2.05, 4.69) is 12.2 Å². The normalized spacial score (nSPS) is 40.6. The number of nitrogens with one attached hydrogen (secondary N) is 1. The minimum Gasteiger partial charge on any atom is -0.481 e. The molecule has 1 amide bonds. The summed E-state index contributed by atoms with van der Waals surface area (Å²) in [7, 11) is 0. The Morgan fingerprint density at radius 3 is 2.67 bits per heavy atom. The van der Waals surface area contributed by atoms with E-state index in [4.69, 9.17) is 4.74 Å². The van der Waals surface area contributed by atoms with E-state index in [1.54, 1.807) is 0 Å². The second-order valence-electron chi connectivity index (χ2n) is 6.45. The number of hydrogen-bond donors (Lipinski definition) is 2. The maximum atomic E-state index is 12.5. The van der Waals surface area contributed by atoms with Gasteiger partial charge < -0.3 is 15.2 Å². The topological polar surface area (TPSA) is 75.6 Å². The summed E-state index contributed by atoms with van der Waals surface area (Å²) in [5.74, 6) is -1.42. The third-order valence-corrected chi connectivity index (χ3v) is 5.33. The van der Waals surface area contributed by atoms with Crippen LogP contribution in [0.5, 0.6) is 0 Å². The van der Waals surface area contributed by atoms with Crippen LogP contribution >= 0.6 is 0 Å². The minimum atomic E-state index is -0.845. The van der Waals surface area contributed by atoms with Crippen molar-refractivity contribution >= 4 is 11.9 Å². The van der Waals surface area contributed by atoms with Crippen molar-refractivity contribution in [3.05, 3.63) is 12.2 Å². The predicted octanol–water partition coefficient (Wildman–Crippen LogP) is 1.44. The zero-order chi connectivity index (χ0) is 15.0. The summed E-state index contributed by atoms with van der Waals surface area (Å²) in [5, 5.41) is 12.4. The number of ether oxygens (including phenoxy) is 1. The van der Waals surface area contributed by atoms with Gasteiger partial charge in [-0.2, -0.15) is 0 Å². The number of aliphatic carboxylic acids is 1. The van der Waals surface area contributed by atoms with Crippen LogP contribution in [0.4, 0.5) is 0 Å². The van der Waals surface area contributed by atoms with E-state index < -0.39 is 17.8 Å². The van der Waals surface area contributed by atoms with Crippen LogP contribution in [0.1, 0.15) is 26.2 Å². The van der Waals surface area contributed by atoms with Crippen molar-refractivity contribution in [1.82, 2.24) is 5.32 Å². The van der Waals surface area contributed by atoms with Gasteiger partial charge >= 0.3 is 5.97 Å². The van der Waals surface area contributed by atoms with Crippen molar-refractivity contribution in [3.8, 4) is 0 Å². The van der Waals surface area contributed by atoms with Gasteiger partial charge in [0.25, 0.3) is 0 Å². The molecule has 0 aromatic heterocycles. The van der Waals surface area contributed by atoms with Crippen molar-refractivity contribution in [1.29, 1.82) is 0 Å². The average Bonchev–Trinajstić information content (AvgIpc) is 3.18. The lowest BCUT2D eigenvalue weighted by Crippen LogP contribution is -2.42. The highest BCUT2D eigenvalue weighted by atomic mass is 16.5. The van der Waals surface area contributed by atoms with Gasteiger partial charge in [0.15, 0.2) is 0 Å². The van der Waals surface area contributed by atoms with Crippen LogP contribution in [0.15, 0.2) is 12.2 Å². The molecule has 1 aliphatic heterocycles. The Morgan fingerprint density at radius 2 is 2.00 bits per heavy atom. The van der Waals surface area contributed by atoms with Gasteiger partial charge in [0, 0.05) is 19.1 Å². The Balaban J connectivity index is 1.60. The summed E-state index contributed by atoms with van der Waals surface area (Å²) in [6.07, 6.45) is 6.93. The smallest absolute Gasteiger partial charge is 0.307 e. The summed E-state index contributed by atoms with van der Waals surface area (Å²) < 4.78 is 5.62. The molecule has 5 heteroatoms. The molecule has 1 heterocycles. The standard InChI is InChI=1S/C16H23NO4/c1-2-12-11(5-6-21-12)8-17-15(18)13-9-3-4-10(7-9)14(13)16(19)20/h3-4,9-14H,2,5-8H2,1H3,(H,17,18)(H,19,20). The SMILES string of the molecule is CCC1OCCC1CNC(=O)C1C2C=CC(C2)C1C(=O)O. The fourth-order valence-electron chi connectivity index (χ4n) is 4.24. The first-order chi connectivity index (χ1) is 10.1. The first-order valence-corrected chi connectivity index (χ1v) is 7.92. The second kappa shape index (κ2) is 5.79. The molecule has 0 radical (unpaired) electrons. The Hall–Kier alpha value is -1.36. The molecule has 2 bridgehead atoms. The summed E-state index contributed by atoms with van der Waals surface area (Å²) >= 11 is 0.